The van der Waals surface area contributed by atoms with E-state index in [9.17, 15) is 25.1 Å². The van der Waals surface area contributed by atoms with E-state index < -0.39 is 22.3 Å². The van der Waals surface area contributed by atoms with Gasteiger partial charge in [0.15, 0.2) is 11.5 Å². The van der Waals surface area contributed by atoms with Gasteiger partial charge in [0.25, 0.3) is 0 Å². The summed E-state index contributed by atoms with van der Waals surface area (Å²) in [6, 6.07) is 9.50. The van der Waals surface area contributed by atoms with E-state index in [1.807, 2.05) is 0 Å². The number of benzene rings is 1. The molecule has 0 bridgehead atoms. The van der Waals surface area contributed by atoms with Gasteiger partial charge in [-0.05, 0) is 36.5 Å². The van der Waals surface area contributed by atoms with Gasteiger partial charge in [-0.2, -0.15) is 0 Å². The summed E-state index contributed by atoms with van der Waals surface area (Å²) in [6.07, 6.45) is 1.02. The molecule has 0 atom stereocenters. The standard InChI is InChI=1S/C19H12ClN3O6S/c1-9-6-7-12(29-9)16(24)14-15(10-4-2-3-5-11(10)20)22(18(26)17(14)25)19-21-8-13(30-19)23(27)28/h2-8,25-26H,1H3. The number of nitro groups is 1. The Bertz CT molecular complexity index is 1310. The maximum Gasteiger partial charge on any atom is 0.345 e. The molecule has 0 aliphatic rings. The van der Waals surface area contributed by atoms with Crippen LogP contribution >= 0.6 is 22.9 Å². The van der Waals surface area contributed by atoms with E-state index in [1.165, 1.54) is 6.07 Å². The molecule has 0 saturated heterocycles. The Morgan fingerprint density at radius 1 is 1.27 bits per heavy atom. The second-order valence-corrected chi connectivity index (χ2v) is 7.58. The van der Waals surface area contributed by atoms with Gasteiger partial charge in [0, 0.05) is 10.6 Å². The number of halogens is 1. The van der Waals surface area contributed by atoms with Crippen molar-refractivity contribution in [3.05, 3.63) is 74.8 Å². The minimum absolute atomic E-state index is 0.0268. The van der Waals surface area contributed by atoms with Gasteiger partial charge in [-0.3, -0.25) is 19.5 Å². The Hall–Kier alpha value is -3.63. The third-order valence-electron chi connectivity index (χ3n) is 4.29. The number of carbonyl (C=O) groups excluding carboxylic acids is 1. The van der Waals surface area contributed by atoms with Crippen molar-refractivity contribution in [1.29, 1.82) is 0 Å². The summed E-state index contributed by atoms with van der Waals surface area (Å²) in [4.78, 5) is 27.6. The molecule has 4 aromatic rings. The van der Waals surface area contributed by atoms with Crippen LogP contribution in [-0.4, -0.2) is 30.5 Å². The summed E-state index contributed by atoms with van der Waals surface area (Å²) in [5.74, 6) is -1.70. The largest absolute Gasteiger partial charge is 0.503 e. The molecule has 152 valence electrons. The van der Waals surface area contributed by atoms with E-state index in [-0.39, 0.29) is 32.2 Å². The fraction of sp³-hybridized carbons (Fsp3) is 0.0526. The van der Waals surface area contributed by atoms with Gasteiger partial charge in [0.05, 0.1) is 16.2 Å². The second-order valence-electron chi connectivity index (χ2n) is 6.19. The highest BCUT2D eigenvalue weighted by Gasteiger charge is 2.33. The zero-order valence-corrected chi connectivity index (χ0v) is 16.8. The molecule has 9 nitrogen and oxygen atoms in total. The van der Waals surface area contributed by atoms with Gasteiger partial charge in [-0.1, -0.05) is 29.8 Å². The predicted octanol–water partition coefficient (Wildman–Crippen LogP) is 4.71. The molecular formula is C19H12ClN3O6S. The molecule has 0 aliphatic carbocycles. The van der Waals surface area contributed by atoms with Crippen molar-refractivity contribution in [2.24, 2.45) is 0 Å². The first-order chi connectivity index (χ1) is 14.3. The van der Waals surface area contributed by atoms with Crippen LogP contribution in [0.1, 0.15) is 21.9 Å². The maximum absolute atomic E-state index is 13.1. The molecule has 3 aromatic heterocycles. The van der Waals surface area contributed by atoms with E-state index in [0.29, 0.717) is 22.7 Å². The van der Waals surface area contributed by atoms with Crippen LogP contribution in [0.3, 0.4) is 0 Å². The number of carbonyl (C=O) groups is 1. The highest BCUT2D eigenvalue weighted by molar-refractivity contribution is 7.17. The molecule has 4 rings (SSSR count). The van der Waals surface area contributed by atoms with Gasteiger partial charge in [0.1, 0.15) is 12.0 Å². The minimum atomic E-state index is -0.721. The van der Waals surface area contributed by atoms with Crippen LogP contribution in [0, 0.1) is 17.0 Å². The van der Waals surface area contributed by atoms with E-state index in [4.69, 9.17) is 16.0 Å². The number of aromatic nitrogens is 2. The smallest absolute Gasteiger partial charge is 0.345 e. The van der Waals surface area contributed by atoms with E-state index in [0.717, 1.165) is 10.8 Å². The minimum Gasteiger partial charge on any atom is -0.503 e. The lowest BCUT2D eigenvalue weighted by molar-refractivity contribution is -0.380. The lowest BCUT2D eigenvalue weighted by Gasteiger charge is -2.10. The highest BCUT2D eigenvalue weighted by Crippen LogP contribution is 2.46. The Labute approximate surface area is 177 Å². The van der Waals surface area contributed by atoms with Crippen LogP contribution in [0.15, 0.2) is 47.0 Å². The third kappa shape index (κ3) is 3.11. The quantitative estimate of drug-likeness (QED) is 0.258. The van der Waals surface area contributed by atoms with E-state index in [2.05, 4.69) is 4.98 Å². The number of ketones is 1. The Morgan fingerprint density at radius 3 is 2.60 bits per heavy atom. The van der Waals surface area contributed by atoms with Crippen LogP contribution in [0.4, 0.5) is 5.00 Å². The summed E-state index contributed by atoms with van der Waals surface area (Å²) >= 11 is 6.99. The molecule has 11 heteroatoms. The van der Waals surface area contributed by atoms with Gasteiger partial charge < -0.3 is 14.6 Å². The zero-order chi connectivity index (χ0) is 21.6. The fourth-order valence-corrected chi connectivity index (χ4v) is 3.95. The normalized spacial score (nSPS) is 11.0. The van der Waals surface area contributed by atoms with Crippen LogP contribution in [0.5, 0.6) is 11.6 Å². The molecule has 0 amide bonds. The van der Waals surface area contributed by atoms with Crippen molar-refractivity contribution in [2.75, 3.05) is 0 Å². The van der Waals surface area contributed by atoms with Crippen LogP contribution < -0.4 is 0 Å². The summed E-state index contributed by atoms with van der Waals surface area (Å²) in [6.45, 7) is 1.66. The molecule has 0 spiro atoms. The molecule has 2 N–H and O–H groups in total. The molecule has 0 unspecified atom stereocenters. The number of nitrogens with zero attached hydrogens (tertiary/aromatic N) is 3. The van der Waals surface area contributed by atoms with Gasteiger partial charge >= 0.3 is 5.00 Å². The topological polar surface area (TPSA) is 132 Å². The number of thiazole rings is 1. The van der Waals surface area contributed by atoms with Crippen LogP contribution in [0.2, 0.25) is 5.02 Å². The van der Waals surface area contributed by atoms with Gasteiger partial charge in [-0.15, -0.1) is 0 Å². The Kier molecular flexibility index (Phi) is 4.80. The summed E-state index contributed by atoms with van der Waals surface area (Å²) in [7, 11) is 0. The monoisotopic (exact) mass is 445 g/mol. The first-order valence-corrected chi connectivity index (χ1v) is 9.62. The molecule has 0 fully saturated rings. The summed E-state index contributed by atoms with van der Waals surface area (Å²) in [5, 5.41) is 32.3. The van der Waals surface area contributed by atoms with Gasteiger partial charge in [-0.25, -0.2) is 4.98 Å². The molecule has 30 heavy (non-hydrogen) atoms. The Balaban J connectivity index is 2.04. The number of hydrogen-bond donors (Lipinski definition) is 2. The third-order valence-corrected chi connectivity index (χ3v) is 5.56. The average molecular weight is 446 g/mol. The lowest BCUT2D eigenvalue weighted by atomic mass is 10.0. The lowest BCUT2D eigenvalue weighted by Crippen LogP contribution is -2.04. The molecule has 1 aromatic carbocycles. The average Bonchev–Trinajstić information content (AvgIpc) is 3.41. The SMILES string of the molecule is Cc1ccc(C(=O)c2c(O)c(O)n(-c3ncc([N+](=O)[O-])s3)c2-c2ccccc2Cl)o1. The van der Waals surface area contributed by atoms with Crippen molar-refractivity contribution >= 4 is 33.7 Å². The molecule has 0 aliphatic heterocycles. The van der Waals surface area contributed by atoms with E-state index >= 15 is 0 Å². The number of furan rings is 1. The van der Waals surface area contributed by atoms with Crippen molar-refractivity contribution in [3.63, 3.8) is 0 Å². The van der Waals surface area contributed by atoms with Gasteiger partial charge in [0.2, 0.25) is 16.8 Å². The number of hydrogen-bond acceptors (Lipinski definition) is 8. The first-order valence-electron chi connectivity index (χ1n) is 8.42. The van der Waals surface area contributed by atoms with Crippen LogP contribution in [-0.2, 0) is 0 Å². The fourth-order valence-electron chi connectivity index (χ4n) is 2.98. The number of aryl methyl sites for hydroxylation is 1. The van der Waals surface area contributed by atoms with Crippen molar-refractivity contribution < 1.29 is 24.3 Å². The number of rotatable bonds is 5. The molecule has 3 heterocycles. The maximum atomic E-state index is 13.1. The van der Waals surface area contributed by atoms with Crippen molar-refractivity contribution in [3.8, 4) is 28.0 Å². The molecule has 0 saturated carbocycles. The number of aromatic hydroxyl groups is 2. The summed E-state index contributed by atoms with van der Waals surface area (Å²) < 4.78 is 6.43. The summed E-state index contributed by atoms with van der Waals surface area (Å²) in [5.41, 5.74) is 0.0611. The highest BCUT2D eigenvalue weighted by atomic mass is 35.5. The van der Waals surface area contributed by atoms with Crippen molar-refractivity contribution in [1.82, 2.24) is 9.55 Å². The van der Waals surface area contributed by atoms with Crippen molar-refractivity contribution in [2.45, 2.75) is 6.92 Å². The zero-order valence-electron chi connectivity index (χ0n) is 15.2. The Morgan fingerprint density at radius 2 is 2.00 bits per heavy atom. The molecular weight excluding hydrogens is 434 g/mol. The molecule has 0 radical (unpaired) electrons. The second kappa shape index (κ2) is 7.32. The van der Waals surface area contributed by atoms with Crippen LogP contribution in [0.25, 0.3) is 16.4 Å². The first kappa shape index (κ1) is 19.7. The van der Waals surface area contributed by atoms with E-state index in [1.54, 1.807) is 37.3 Å². The predicted molar refractivity (Wildman–Crippen MR) is 109 cm³/mol.